The first-order chi connectivity index (χ1) is 16.2. The summed E-state index contributed by atoms with van der Waals surface area (Å²) in [6.07, 6.45) is 0.306. The number of aliphatic carboxylic acids is 1. The van der Waals surface area contributed by atoms with Gasteiger partial charge in [-0.05, 0) is 52.4 Å². The van der Waals surface area contributed by atoms with Crippen molar-refractivity contribution >= 4 is 46.9 Å². The number of nitrogens with one attached hydrogen (secondary N) is 2. The number of carbonyl (C=O) groups is 3. The Hall–Kier alpha value is -3.36. The number of hydrogen-bond acceptors (Lipinski definition) is 5. The molecule has 2 atom stereocenters. The van der Waals surface area contributed by atoms with Crippen LogP contribution in [0, 0.1) is 5.92 Å². The Morgan fingerprint density at radius 2 is 1.71 bits per heavy atom. The van der Waals surface area contributed by atoms with Crippen molar-refractivity contribution in [1.82, 2.24) is 5.32 Å². The monoisotopic (exact) mass is 479 g/mol. The van der Waals surface area contributed by atoms with E-state index < -0.39 is 24.0 Å². The second-order valence-corrected chi connectivity index (χ2v) is 8.92. The maximum Gasteiger partial charge on any atom is 0.326 e. The number of anilines is 1. The Labute approximate surface area is 204 Å². The second-order valence-electron chi connectivity index (χ2n) is 8.56. The summed E-state index contributed by atoms with van der Waals surface area (Å²) >= 11 is 4.07. The number of carboxylic acids is 1. The third-order valence-electron chi connectivity index (χ3n) is 5.46. The molecule has 3 aromatic rings. The van der Waals surface area contributed by atoms with Crippen LogP contribution in [0.2, 0.25) is 0 Å². The molecular formula is C26H29N3O4S. The van der Waals surface area contributed by atoms with E-state index in [0.29, 0.717) is 23.2 Å². The first-order valence-corrected chi connectivity index (χ1v) is 11.7. The molecule has 0 saturated carbocycles. The lowest BCUT2D eigenvalue weighted by Gasteiger charge is -2.19. The van der Waals surface area contributed by atoms with Gasteiger partial charge < -0.3 is 21.5 Å². The van der Waals surface area contributed by atoms with E-state index in [-0.39, 0.29) is 17.6 Å². The van der Waals surface area contributed by atoms with E-state index in [1.165, 1.54) is 0 Å². The second kappa shape index (κ2) is 11.2. The van der Waals surface area contributed by atoms with Crippen LogP contribution in [0.5, 0.6) is 0 Å². The average molecular weight is 480 g/mol. The van der Waals surface area contributed by atoms with Crippen molar-refractivity contribution in [3.8, 4) is 11.1 Å². The lowest BCUT2D eigenvalue weighted by molar-refractivity contribution is -0.139. The summed E-state index contributed by atoms with van der Waals surface area (Å²) in [7, 11) is 0. The zero-order chi connectivity index (χ0) is 24.8. The topological polar surface area (TPSA) is 122 Å². The molecule has 0 fully saturated rings. The van der Waals surface area contributed by atoms with Gasteiger partial charge in [-0.25, -0.2) is 4.79 Å². The van der Waals surface area contributed by atoms with Crippen molar-refractivity contribution in [3.63, 3.8) is 0 Å². The van der Waals surface area contributed by atoms with Crippen LogP contribution >= 0.6 is 12.6 Å². The molecule has 0 bridgehead atoms. The smallest absolute Gasteiger partial charge is 0.326 e. The molecule has 34 heavy (non-hydrogen) atoms. The zero-order valence-electron chi connectivity index (χ0n) is 19.1. The largest absolute Gasteiger partial charge is 0.480 e. The number of benzene rings is 3. The summed E-state index contributed by atoms with van der Waals surface area (Å²) in [6, 6.07) is 16.6. The van der Waals surface area contributed by atoms with E-state index in [1.807, 2.05) is 56.3 Å². The van der Waals surface area contributed by atoms with Gasteiger partial charge in [0.1, 0.15) is 6.04 Å². The molecule has 8 heteroatoms. The molecule has 0 radical (unpaired) electrons. The van der Waals surface area contributed by atoms with Gasteiger partial charge in [0.15, 0.2) is 0 Å². The summed E-state index contributed by atoms with van der Waals surface area (Å²) in [5.41, 5.74) is 7.92. The van der Waals surface area contributed by atoms with Gasteiger partial charge in [0.05, 0.1) is 6.04 Å². The fourth-order valence-electron chi connectivity index (χ4n) is 3.75. The number of fused-ring (bicyclic) bond motifs is 1. The molecule has 0 unspecified atom stereocenters. The highest BCUT2D eigenvalue weighted by Gasteiger charge is 2.24. The minimum Gasteiger partial charge on any atom is -0.480 e. The number of nitrogens with two attached hydrogens (primary N) is 1. The van der Waals surface area contributed by atoms with E-state index >= 15 is 0 Å². The van der Waals surface area contributed by atoms with Crippen LogP contribution in [0.3, 0.4) is 0 Å². The zero-order valence-corrected chi connectivity index (χ0v) is 20.0. The Morgan fingerprint density at radius 3 is 2.38 bits per heavy atom. The molecule has 0 heterocycles. The Balaban J connectivity index is 2.09. The summed E-state index contributed by atoms with van der Waals surface area (Å²) < 4.78 is 0. The maximum atomic E-state index is 13.3. The molecule has 0 saturated heterocycles. The highest BCUT2D eigenvalue weighted by Crippen LogP contribution is 2.33. The molecule has 0 aliphatic carbocycles. The average Bonchev–Trinajstić information content (AvgIpc) is 2.82. The van der Waals surface area contributed by atoms with Gasteiger partial charge in [-0.15, -0.1) is 0 Å². The van der Waals surface area contributed by atoms with Crippen molar-refractivity contribution in [2.45, 2.75) is 32.4 Å². The van der Waals surface area contributed by atoms with Crippen molar-refractivity contribution in [2.24, 2.45) is 11.7 Å². The van der Waals surface area contributed by atoms with Crippen LogP contribution in [0.25, 0.3) is 21.9 Å². The molecule has 0 aliphatic heterocycles. The van der Waals surface area contributed by atoms with Gasteiger partial charge in [0, 0.05) is 17.0 Å². The lowest BCUT2D eigenvalue weighted by Crippen LogP contribution is -2.41. The Morgan fingerprint density at radius 1 is 1.00 bits per heavy atom. The van der Waals surface area contributed by atoms with E-state index in [0.717, 1.165) is 16.3 Å². The SMILES string of the molecule is CC(C)C[C@H](NC(=O)c1ccc(NC(=O)[C@@H](N)CS)cc1-c1cccc2ccccc12)C(=O)O. The van der Waals surface area contributed by atoms with Gasteiger partial charge in [0.2, 0.25) is 5.91 Å². The molecule has 0 spiro atoms. The van der Waals surface area contributed by atoms with Crippen LogP contribution in [0.1, 0.15) is 30.6 Å². The number of hydrogen-bond donors (Lipinski definition) is 5. The predicted molar refractivity (Wildman–Crippen MR) is 138 cm³/mol. The summed E-state index contributed by atoms with van der Waals surface area (Å²) in [5.74, 6) is -1.69. The first kappa shape index (κ1) is 25.3. The molecule has 7 nitrogen and oxygen atoms in total. The molecule has 0 aromatic heterocycles. The highest BCUT2D eigenvalue weighted by molar-refractivity contribution is 7.80. The summed E-state index contributed by atoms with van der Waals surface area (Å²) in [4.78, 5) is 37.3. The van der Waals surface area contributed by atoms with Crippen LogP contribution in [-0.4, -0.2) is 40.7 Å². The van der Waals surface area contributed by atoms with Crippen molar-refractivity contribution in [1.29, 1.82) is 0 Å². The molecule has 2 amide bonds. The summed E-state index contributed by atoms with van der Waals surface area (Å²) in [6.45, 7) is 3.80. The summed E-state index contributed by atoms with van der Waals surface area (Å²) in [5, 5.41) is 16.9. The van der Waals surface area contributed by atoms with Gasteiger partial charge >= 0.3 is 5.97 Å². The normalized spacial score (nSPS) is 12.9. The Bertz CT molecular complexity index is 1210. The fourth-order valence-corrected chi connectivity index (χ4v) is 3.92. The number of thiol groups is 1. The number of carbonyl (C=O) groups excluding carboxylic acids is 2. The van der Waals surface area contributed by atoms with Crippen LogP contribution < -0.4 is 16.4 Å². The number of rotatable bonds is 9. The van der Waals surface area contributed by atoms with Gasteiger partial charge in [-0.2, -0.15) is 12.6 Å². The van der Waals surface area contributed by atoms with Gasteiger partial charge in [-0.3, -0.25) is 9.59 Å². The molecule has 0 aliphatic rings. The maximum absolute atomic E-state index is 13.3. The van der Waals surface area contributed by atoms with E-state index in [1.54, 1.807) is 18.2 Å². The number of carboxylic acid groups (broad SMARTS) is 1. The van der Waals surface area contributed by atoms with Gasteiger partial charge in [-0.1, -0.05) is 56.3 Å². The van der Waals surface area contributed by atoms with Crippen molar-refractivity contribution < 1.29 is 19.5 Å². The molecule has 3 rings (SSSR count). The van der Waals surface area contributed by atoms with Crippen LogP contribution in [0.15, 0.2) is 60.7 Å². The minimum atomic E-state index is -1.08. The third kappa shape index (κ3) is 5.95. The van der Waals surface area contributed by atoms with Crippen molar-refractivity contribution in [2.75, 3.05) is 11.1 Å². The lowest BCUT2D eigenvalue weighted by atomic mass is 9.93. The van der Waals surface area contributed by atoms with E-state index in [9.17, 15) is 19.5 Å². The van der Waals surface area contributed by atoms with Crippen LogP contribution in [-0.2, 0) is 9.59 Å². The van der Waals surface area contributed by atoms with Gasteiger partial charge in [0.25, 0.3) is 5.91 Å². The number of amides is 2. The molecule has 178 valence electrons. The standard InChI is InChI=1S/C26H29N3O4S/c1-15(2)12-23(26(32)33)29-24(30)20-11-10-17(28-25(31)22(27)14-34)13-21(20)19-9-5-7-16-6-3-4-8-18(16)19/h3-11,13,15,22-23,34H,12,14,27H2,1-2H3,(H,28,31)(H,29,30)(H,32,33)/t22-,23-/m0/s1. The predicted octanol–water partition coefficient (Wildman–Crippen LogP) is 3.93. The highest BCUT2D eigenvalue weighted by atomic mass is 32.1. The minimum absolute atomic E-state index is 0.0903. The third-order valence-corrected chi connectivity index (χ3v) is 5.85. The molecular weight excluding hydrogens is 450 g/mol. The first-order valence-electron chi connectivity index (χ1n) is 11.0. The van der Waals surface area contributed by atoms with E-state index in [2.05, 4.69) is 23.3 Å². The van der Waals surface area contributed by atoms with Crippen molar-refractivity contribution in [3.05, 3.63) is 66.2 Å². The fraction of sp³-hybridized carbons (Fsp3) is 0.269. The van der Waals surface area contributed by atoms with E-state index in [4.69, 9.17) is 5.73 Å². The quantitative estimate of drug-likeness (QED) is 0.298. The van der Waals surface area contributed by atoms with Crippen LogP contribution in [0.4, 0.5) is 5.69 Å². The Kier molecular flexibility index (Phi) is 8.31. The molecule has 3 aromatic carbocycles. The molecule has 5 N–H and O–H groups in total.